The first-order valence-corrected chi connectivity index (χ1v) is 6.80. The molecule has 0 amide bonds. The molecule has 0 aromatic carbocycles. The van der Waals surface area contributed by atoms with Crippen LogP contribution in [0.5, 0.6) is 0 Å². The first-order valence-electron chi connectivity index (χ1n) is 6.80. The van der Waals surface area contributed by atoms with Crippen molar-refractivity contribution in [1.29, 1.82) is 0 Å². The molecule has 20 heavy (non-hydrogen) atoms. The Kier molecular flexibility index (Phi) is 3.87. The van der Waals surface area contributed by atoms with E-state index in [4.69, 9.17) is 0 Å². The van der Waals surface area contributed by atoms with Crippen LogP contribution >= 0.6 is 0 Å². The number of aromatic nitrogens is 2. The van der Waals surface area contributed by atoms with Crippen LogP contribution < -0.4 is 4.90 Å². The van der Waals surface area contributed by atoms with Gasteiger partial charge in [0.15, 0.2) is 0 Å². The first-order chi connectivity index (χ1) is 9.81. The Labute approximate surface area is 117 Å². The maximum atomic E-state index is 13.1. The SMILES string of the molecule is Fc1cccc(N2CCN(Cc3ccncc3)CC2)n1. The summed E-state index contributed by atoms with van der Waals surface area (Å²) in [5, 5.41) is 0. The monoisotopic (exact) mass is 272 g/mol. The topological polar surface area (TPSA) is 32.3 Å². The molecule has 3 rings (SSSR count). The molecule has 1 aliphatic rings. The smallest absolute Gasteiger partial charge is 0.214 e. The zero-order valence-corrected chi connectivity index (χ0v) is 11.2. The minimum absolute atomic E-state index is 0.415. The second-order valence-corrected chi connectivity index (χ2v) is 4.94. The van der Waals surface area contributed by atoms with Crippen LogP contribution in [0.3, 0.4) is 0 Å². The Morgan fingerprint density at radius 1 is 1.00 bits per heavy atom. The minimum Gasteiger partial charge on any atom is -0.354 e. The van der Waals surface area contributed by atoms with Crippen molar-refractivity contribution in [2.75, 3.05) is 31.1 Å². The zero-order chi connectivity index (χ0) is 13.8. The number of rotatable bonds is 3. The van der Waals surface area contributed by atoms with Gasteiger partial charge in [0.25, 0.3) is 0 Å². The van der Waals surface area contributed by atoms with Crippen LogP contribution in [0.1, 0.15) is 5.56 Å². The molecule has 0 aliphatic carbocycles. The fourth-order valence-corrected chi connectivity index (χ4v) is 2.46. The summed E-state index contributed by atoms with van der Waals surface area (Å²) in [6.07, 6.45) is 3.64. The van der Waals surface area contributed by atoms with E-state index >= 15 is 0 Å². The molecular formula is C15H17FN4. The molecule has 5 heteroatoms. The molecule has 0 atom stereocenters. The lowest BCUT2D eigenvalue weighted by atomic mass is 10.2. The molecule has 104 valence electrons. The van der Waals surface area contributed by atoms with Gasteiger partial charge in [-0.1, -0.05) is 6.07 Å². The van der Waals surface area contributed by atoms with Crippen molar-refractivity contribution in [1.82, 2.24) is 14.9 Å². The number of hydrogen-bond donors (Lipinski definition) is 0. The van der Waals surface area contributed by atoms with E-state index < -0.39 is 5.95 Å². The molecule has 1 saturated heterocycles. The summed E-state index contributed by atoms with van der Waals surface area (Å²) in [5.41, 5.74) is 1.28. The van der Waals surface area contributed by atoms with E-state index in [1.54, 1.807) is 6.07 Å². The number of hydrogen-bond acceptors (Lipinski definition) is 4. The van der Waals surface area contributed by atoms with Crippen molar-refractivity contribution >= 4 is 5.82 Å². The van der Waals surface area contributed by atoms with Crippen LogP contribution in [-0.4, -0.2) is 41.0 Å². The highest BCUT2D eigenvalue weighted by atomic mass is 19.1. The predicted octanol–water partition coefficient (Wildman–Crippen LogP) is 1.94. The van der Waals surface area contributed by atoms with Crippen molar-refractivity contribution in [2.24, 2.45) is 0 Å². The van der Waals surface area contributed by atoms with Gasteiger partial charge >= 0.3 is 0 Å². The Balaban J connectivity index is 1.57. The van der Waals surface area contributed by atoms with Crippen LogP contribution in [0.25, 0.3) is 0 Å². The van der Waals surface area contributed by atoms with Gasteiger partial charge < -0.3 is 4.90 Å². The van der Waals surface area contributed by atoms with Gasteiger partial charge in [-0.05, 0) is 29.8 Å². The average molecular weight is 272 g/mol. The lowest BCUT2D eigenvalue weighted by Crippen LogP contribution is -2.46. The molecule has 0 spiro atoms. The second kappa shape index (κ2) is 5.96. The first kappa shape index (κ1) is 13.0. The highest BCUT2D eigenvalue weighted by Gasteiger charge is 2.18. The van der Waals surface area contributed by atoms with E-state index in [0.29, 0.717) is 0 Å². The van der Waals surface area contributed by atoms with E-state index in [2.05, 4.69) is 19.8 Å². The van der Waals surface area contributed by atoms with Crippen LogP contribution in [0, 0.1) is 5.95 Å². The highest BCUT2D eigenvalue weighted by Crippen LogP contribution is 2.15. The van der Waals surface area contributed by atoms with Crippen molar-refractivity contribution in [3.05, 3.63) is 54.2 Å². The van der Waals surface area contributed by atoms with Crippen LogP contribution in [0.2, 0.25) is 0 Å². The third kappa shape index (κ3) is 3.11. The van der Waals surface area contributed by atoms with Gasteiger partial charge in [-0.3, -0.25) is 9.88 Å². The van der Waals surface area contributed by atoms with E-state index in [0.717, 1.165) is 38.5 Å². The van der Waals surface area contributed by atoms with Crippen LogP contribution in [0.4, 0.5) is 10.2 Å². The number of nitrogens with zero attached hydrogens (tertiary/aromatic N) is 4. The van der Waals surface area contributed by atoms with E-state index in [-0.39, 0.29) is 0 Å². The molecule has 0 radical (unpaired) electrons. The molecule has 0 N–H and O–H groups in total. The van der Waals surface area contributed by atoms with Gasteiger partial charge in [0.2, 0.25) is 5.95 Å². The predicted molar refractivity (Wildman–Crippen MR) is 75.9 cm³/mol. The lowest BCUT2D eigenvalue weighted by molar-refractivity contribution is 0.249. The van der Waals surface area contributed by atoms with Gasteiger partial charge in [-0.15, -0.1) is 0 Å². The molecule has 1 aliphatic heterocycles. The fourth-order valence-electron chi connectivity index (χ4n) is 2.46. The highest BCUT2D eigenvalue weighted by molar-refractivity contribution is 5.38. The lowest BCUT2D eigenvalue weighted by Gasteiger charge is -2.35. The van der Waals surface area contributed by atoms with Crippen molar-refractivity contribution < 1.29 is 4.39 Å². The largest absolute Gasteiger partial charge is 0.354 e. The summed E-state index contributed by atoms with van der Waals surface area (Å²) in [7, 11) is 0. The normalized spacial score (nSPS) is 16.4. The summed E-state index contributed by atoms with van der Waals surface area (Å²) < 4.78 is 13.1. The van der Waals surface area contributed by atoms with Gasteiger partial charge in [0.05, 0.1) is 0 Å². The van der Waals surface area contributed by atoms with E-state index in [1.807, 2.05) is 30.6 Å². The molecule has 3 heterocycles. The van der Waals surface area contributed by atoms with E-state index in [1.165, 1.54) is 11.6 Å². The number of anilines is 1. The van der Waals surface area contributed by atoms with Gasteiger partial charge in [-0.25, -0.2) is 4.98 Å². The molecule has 0 saturated carbocycles. The van der Waals surface area contributed by atoms with Crippen molar-refractivity contribution in [3.8, 4) is 0 Å². The van der Waals surface area contributed by atoms with Gasteiger partial charge in [-0.2, -0.15) is 4.39 Å². The Morgan fingerprint density at radius 2 is 1.75 bits per heavy atom. The number of piperazine rings is 1. The molecule has 2 aromatic rings. The quantitative estimate of drug-likeness (QED) is 0.799. The summed E-state index contributed by atoms with van der Waals surface area (Å²) in [5.74, 6) is 0.315. The number of halogens is 1. The van der Waals surface area contributed by atoms with Gasteiger partial charge in [0.1, 0.15) is 5.82 Å². The summed E-state index contributed by atoms with van der Waals surface area (Å²) in [4.78, 5) is 12.5. The van der Waals surface area contributed by atoms with Crippen molar-refractivity contribution in [3.63, 3.8) is 0 Å². The molecule has 1 fully saturated rings. The van der Waals surface area contributed by atoms with Crippen LogP contribution in [0.15, 0.2) is 42.7 Å². The standard InChI is InChI=1S/C15H17FN4/c16-14-2-1-3-15(18-14)20-10-8-19(9-11-20)12-13-4-6-17-7-5-13/h1-7H,8-12H2. The summed E-state index contributed by atoms with van der Waals surface area (Å²) in [6, 6.07) is 9.03. The molecular weight excluding hydrogens is 255 g/mol. The van der Waals surface area contributed by atoms with Crippen molar-refractivity contribution in [2.45, 2.75) is 6.54 Å². The average Bonchev–Trinajstić information content (AvgIpc) is 2.49. The summed E-state index contributed by atoms with van der Waals surface area (Å²) >= 11 is 0. The summed E-state index contributed by atoms with van der Waals surface area (Å²) in [6.45, 7) is 4.61. The Hall–Kier alpha value is -2.01. The maximum Gasteiger partial charge on any atom is 0.214 e. The third-order valence-corrected chi connectivity index (χ3v) is 3.55. The second-order valence-electron chi connectivity index (χ2n) is 4.94. The zero-order valence-electron chi connectivity index (χ0n) is 11.2. The number of pyridine rings is 2. The molecule has 4 nitrogen and oxygen atoms in total. The molecule has 0 unspecified atom stereocenters. The minimum atomic E-state index is -0.415. The fraction of sp³-hybridized carbons (Fsp3) is 0.333. The maximum absolute atomic E-state index is 13.1. The van der Waals surface area contributed by atoms with Gasteiger partial charge in [0, 0.05) is 45.1 Å². The Morgan fingerprint density at radius 3 is 2.45 bits per heavy atom. The molecule has 2 aromatic heterocycles. The molecule has 0 bridgehead atoms. The third-order valence-electron chi connectivity index (χ3n) is 3.55. The Bertz CT molecular complexity index is 553. The van der Waals surface area contributed by atoms with Crippen LogP contribution in [-0.2, 0) is 6.54 Å². The van der Waals surface area contributed by atoms with E-state index in [9.17, 15) is 4.39 Å².